The molecule has 1 saturated carbocycles. The lowest BCUT2D eigenvalue weighted by Gasteiger charge is -2.13. The van der Waals surface area contributed by atoms with E-state index in [4.69, 9.17) is 0 Å². The molecule has 1 aliphatic carbocycles. The first-order valence-corrected chi connectivity index (χ1v) is 4.84. The molecular formula is C11H16N2. The van der Waals surface area contributed by atoms with Gasteiger partial charge in [0.25, 0.3) is 0 Å². The SMILES string of the molecule is CNC1(Cc2cncc(C)c2)CC1. The fourth-order valence-electron chi connectivity index (χ4n) is 1.77. The molecule has 2 rings (SSSR count). The van der Waals surface area contributed by atoms with Crippen molar-refractivity contribution in [2.24, 2.45) is 0 Å². The molecule has 2 heteroatoms. The van der Waals surface area contributed by atoms with Crippen molar-refractivity contribution in [1.82, 2.24) is 10.3 Å². The van der Waals surface area contributed by atoms with Gasteiger partial charge in [0.1, 0.15) is 0 Å². The third-order valence-electron chi connectivity index (χ3n) is 2.86. The second kappa shape index (κ2) is 3.11. The monoisotopic (exact) mass is 176 g/mol. The Bertz CT molecular complexity index is 303. The average Bonchev–Trinajstić information content (AvgIpc) is 2.86. The summed E-state index contributed by atoms with van der Waals surface area (Å²) in [6.07, 6.45) is 7.61. The Morgan fingerprint density at radius 2 is 2.23 bits per heavy atom. The van der Waals surface area contributed by atoms with Crippen LogP contribution >= 0.6 is 0 Å². The van der Waals surface area contributed by atoms with Crippen molar-refractivity contribution in [3.8, 4) is 0 Å². The number of hydrogen-bond acceptors (Lipinski definition) is 2. The van der Waals surface area contributed by atoms with Crippen LogP contribution < -0.4 is 5.32 Å². The van der Waals surface area contributed by atoms with Crippen molar-refractivity contribution in [3.63, 3.8) is 0 Å². The van der Waals surface area contributed by atoms with Gasteiger partial charge in [-0.25, -0.2) is 0 Å². The van der Waals surface area contributed by atoms with E-state index in [1.54, 1.807) is 0 Å². The number of rotatable bonds is 3. The smallest absolute Gasteiger partial charge is 0.0300 e. The Labute approximate surface area is 79.4 Å². The Morgan fingerprint density at radius 3 is 2.77 bits per heavy atom. The Hall–Kier alpha value is -0.890. The van der Waals surface area contributed by atoms with Gasteiger partial charge in [0.15, 0.2) is 0 Å². The second-order valence-electron chi connectivity index (χ2n) is 4.08. The average molecular weight is 176 g/mol. The van der Waals surface area contributed by atoms with Crippen molar-refractivity contribution in [1.29, 1.82) is 0 Å². The van der Waals surface area contributed by atoms with Gasteiger partial charge in [-0.1, -0.05) is 6.07 Å². The van der Waals surface area contributed by atoms with Gasteiger partial charge in [-0.2, -0.15) is 0 Å². The van der Waals surface area contributed by atoms with Crippen LogP contribution in [0, 0.1) is 6.92 Å². The quantitative estimate of drug-likeness (QED) is 0.758. The summed E-state index contributed by atoms with van der Waals surface area (Å²) in [5, 5.41) is 3.39. The van der Waals surface area contributed by atoms with Gasteiger partial charge in [0.05, 0.1) is 0 Å². The summed E-state index contributed by atoms with van der Waals surface area (Å²) in [6.45, 7) is 2.09. The molecule has 1 fully saturated rings. The summed E-state index contributed by atoms with van der Waals surface area (Å²) in [5.41, 5.74) is 3.01. The summed E-state index contributed by atoms with van der Waals surface area (Å²) in [5.74, 6) is 0. The van der Waals surface area contributed by atoms with Crippen molar-refractivity contribution in [2.45, 2.75) is 31.7 Å². The van der Waals surface area contributed by atoms with Gasteiger partial charge in [-0.05, 0) is 44.4 Å². The number of hydrogen-bond donors (Lipinski definition) is 1. The summed E-state index contributed by atoms with van der Waals surface area (Å²) in [6, 6.07) is 2.23. The van der Waals surface area contributed by atoms with E-state index in [-0.39, 0.29) is 0 Å². The second-order valence-corrected chi connectivity index (χ2v) is 4.08. The molecule has 0 saturated heterocycles. The van der Waals surface area contributed by atoms with Crippen LogP contribution in [0.15, 0.2) is 18.5 Å². The van der Waals surface area contributed by atoms with Crippen LogP contribution in [0.5, 0.6) is 0 Å². The molecule has 0 aromatic carbocycles. The molecule has 1 heterocycles. The van der Waals surface area contributed by atoms with Gasteiger partial charge in [-0.3, -0.25) is 4.98 Å². The Morgan fingerprint density at radius 1 is 1.46 bits per heavy atom. The predicted octanol–water partition coefficient (Wildman–Crippen LogP) is 1.68. The zero-order valence-electron chi connectivity index (χ0n) is 8.30. The summed E-state index contributed by atoms with van der Waals surface area (Å²) < 4.78 is 0. The fraction of sp³-hybridized carbons (Fsp3) is 0.545. The molecule has 1 aromatic heterocycles. The van der Waals surface area contributed by atoms with E-state index in [2.05, 4.69) is 30.3 Å². The van der Waals surface area contributed by atoms with Crippen LogP contribution in [0.1, 0.15) is 24.0 Å². The van der Waals surface area contributed by atoms with E-state index in [0.717, 1.165) is 6.42 Å². The van der Waals surface area contributed by atoms with E-state index in [9.17, 15) is 0 Å². The molecule has 0 spiro atoms. The molecule has 70 valence electrons. The summed E-state index contributed by atoms with van der Waals surface area (Å²) >= 11 is 0. The minimum absolute atomic E-state index is 0.398. The van der Waals surface area contributed by atoms with Gasteiger partial charge in [0.2, 0.25) is 0 Å². The third kappa shape index (κ3) is 1.89. The maximum Gasteiger partial charge on any atom is 0.0300 e. The molecule has 1 N–H and O–H groups in total. The Kier molecular flexibility index (Phi) is 2.08. The number of pyridine rings is 1. The van der Waals surface area contributed by atoms with E-state index in [1.165, 1.54) is 24.0 Å². The lowest BCUT2D eigenvalue weighted by Crippen LogP contribution is -2.29. The van der Waals surface area contributed by atoms with Gasteiger partial charge in [0, 0.05) is 17.9 Å². The van der Waals surface area contributed by atoms with Crippen molar-refractivity contribution < 1.29 is 0 Å². The molecule has 0 bridgehead atoms. The van der Waals surface area contributed by atoms with Crippen molar-refractivity contribution in [3.05, 3.63) is 29.6 Å². The van der Waals surface area contributed by atoms with E-state index in [1.807, 2.05) is 12.4 Å². The van der Waals surface area contributed by atoms with Crippen LogP contribution in [0.3, 0.4) is 0 Å². The molecule has 0 atom stereocenters. The molecule has 2 nitrogen and oxygen atoms in total. The summed E-state index contributed by atoms with van der Waals surface area (Å²) in [7, 11) is 2.05. The predicted molar refractivity (Wildman–Crippen MR) is 53.7 cm³/mol. The number of nitrogens with one attached hydrogen (secondary N) is 1. The van der Waals surface area contributed by atoms with E-state index in [0.29, 0.717) is 5.54 Å². The molecule has 0 amide bonds. The number of nitrogens with zero attached hydrogens (tertiary/aromatic N) is 1. The van der Waals surface area contributed by atoms with Gasteiger partial charge in [-0.15, -0.1) is 0 Å². The van der Waals surface area contributed by atoms with Crippen molar-refractivity contribution in [2.75, 3.05) is 7.05 Å². The molecule has 1 aromatic rings. The lowest BCUT2D eigenvalue weighted by molar-refractivity contribution is 0.548. The van der Waals surface area contributed by atoms with Crippen LogP contribution in [-0.2, 0) is 6.42 Å². The topological polar surface area (TPSA) is 24.9 Å². The zero-order valence-corrected chi connectivity index (χ0v) is 8.30. The standard InChI is InChI=1S/C11H16N2/c1-9-5-10(8-13-7-9)6-11(12-2)3-4-11/h5,7-8,12H,3-4,6H2,1-2H3. The lowest BCUT2D eigenvalue weighted by atomic mass is 10.1. The molecule has 0 unspecified atom stereocenters. The largest absolute Gasteiger partial charge is 0.314 e. The number of aryl methyl sites for hydroxylation is 1. The third-order valence-corrected chi connectivity index (χ3v) is 2.86. The number of aromatic nitrogens is 1. The molecule has 0 radical (unpaired) electrons. The maximum absolute atomic E-state index is 4.20. The highest BCUT2D eigenvalue weighted by Crippen LogP contribution is 2.37. The van der Waals surface area contributed by atoms with E-state index < -0.39 is 0 Å². The summed E-state index contributed by atoms with van der Waals surface area (Å²) in [4.78, 5) is 4.20. The molecular weight excluding hydrogens is 160 g/mol. The van der Waals surface area contributed by atoms with Crippen molar-refractivity contribution >= 4 is 0 Å². The van der Waals surface area contributed by atoms with Crippen LogP contribution in [0.2, 0.25) is 0 Å². The van der Waals surface area contributed by atoms with Crippen LogP contribution in [0.4, 0.5) is 0 Å². The zero-order chi connectivity index (χ0) is 9.31. The van der Waals surface area contributed by atoms with E-state index >= 15 is 0 Å². The van der Waals surface area contributed by atoms with Gasteiger partial charge < -0.3 is 5.32 Å². The van der Waals surface area contributed by atoms with Gasteiger partial charge >= 0.3 is 0 Å². The first-order chi connectivity index (χ1) is 6.24. The Balaban J connectivity index is 2.09. The highest BCUT2D eigenvalue weighted by molar-refractivity contribution is 5.21. The fourth-order valence-corrected chi connectivity index (χ4v) is 1.77. The highest BCUT2D eigenvalue weighted by atomic mass is 15.0. The first kappa shape index (κ1) is 8.70. The maximum atomic E-state index is 4.20. The highest BCUT2D eigenvalue weighted by Gasteiger charge is 2.40. The minimum Gasteiger partial charge on any atom is -0.314 e. The minimum atomic E-state index is 0.398. The number of likely N-dealkylation sites (N-methyl/N-ethyl adjacent to an activating group) is 1. The molecule has 13 heavy (non-hydrogen) atoms. The van der Waals surface area contributed by atoms with Crippen LogP contribution in [0.25, 0.3) is 0 Å². The first-order valence-electron chi connectivity index (χ1n) is 4.84. The molecule has 0 aliphatic heterocycles. The molecule has 1 aliphatic rings. The van der Waals surface area contributed by atoms with Crippen LogP contribution in [-0.4, -0.2) is 17.6 Å². The normalized spacial score (nSPS) is 18.6.